The first-order valence-electron chi connectivity index (χ1n) is 5.10. The van der Waals surface area contributed by atoms with E-state index < -0.39 is 0 Å². The maximum Gasteiger partial charge on any atom is 0.0478 e. The topological polar surface area (TPSA) is 0 Å². The minimum atomic E-state index is 0.702. The van der Waals surface area contributed by atoms with Crippen molar-refractivity contribution in [2.75, 3.05) is 0 Å². The number of rotatable bonds is 0. The van der Waals surface area contributed by atoms with Crippen molar-refractivity contribution in [3.63, 3.8) is 0 Å². The zero-order valence-corrected chi connectivity index (χ0v) is 8.62. The molecule has 0 saturated heterocycles. The number of benzene rings is 1. The van der Waals surface area contributed by atoms with Crippen LogP contribution in [-0.2, 0) is 19.3 Å². The summed E-state index contributed by atoms with van der Waals surface area (Å²) in [6.07, 6.45) is 4.99. The summed E-state index contributed by atoms with van der Waals surface area (Å²) < 4.78 is 0. The van der Waals surface area contributed by atoms with Crippen LogP contribution in [-0.4, -0.2) is 0 Å². The first-order chi connectivity index (χ1) is 6.27. The SMILES string of the molecule is CC1Cc2cc3c(c(Cl)c21)CCC3. The molecule has 2 aliphatic carbocycles. The summed E-state index contributed by atoms with van der Waals surface area (Å²) in [7, 11) is 0. The largest absolute Gasteiger partial charge is 0.0837 e. The summed E-state index contributed by atoms with van der Waals surface area (Å²) in [5, 5.41) is 1.10. The number of fused-ring (bicyclic) bond motifs is 2. The van der Waals surface area contributed by atoms with Gasteiger partial charge in [-0.3, -0.25) is 0 Å². The van der Waals surface area contributed by atoms with Crippen molar-refractivity contribution in [2.24, 2.45) is 0 Å². The van der Waals surface area contributed by atoms with Crippen molar-refractivity contribution in [1.29, 1.82) is 0 Å². The number of halogens is 1. The molecule has 0 saturated carbocycles. The smallest absolute Gasteiger partial charge is 0.0478 e. The van der Waals surface area contributed by atoms with E-state index >= 15 is 0 Å². The molecule has 3 rings (SSSR count). The average molecular weight is 193 g/mol. The molecule has 0 bridgehead atoms. The average Bonchev–Trinajstić information content (AvgIpc) is 2.50. The van der Waals surface area contributed by atoms with Gasteiger partial charge in [-0.1, -0.05) is 24.6 Å². The number of hydrogen-bond acceptors (Lipinski definition) is 0. The highest BCUT2D eigenvalue weighted by Gasteiger charge is 2.29. The third-order valence-electron chi connectivity index (χ3n) is 3.48. The Hall–Kier alpha value is -0.490. The monoisotopic (exact) mass is 192 g/mol. The van der Waals surface area contributed by atoms with Crippen LogP contribution in [0.1, 0.15) is 41.5 Å². The van der Waals surface area contributed by atoms with Gasteiger partial charge < -0.3 is 0 Å². The molecule has 2 aliphatic rings. The highest BCUT2D eigenvalue weighted by molar-refractivity contribution is 6.32. The highest BCUT2D eigenvalue weighted by atomic mass is 35.5. The zero-order valence-electron chi connectivity index (χ0n) is 7.86. The fraction of sp³-hybridized carbons (Fsp3) is 0.500. The van der Waals surface area contributed by atoms with E-state index in [1.807, 2.05) is 0 Å². The van der Waals surface area contributed by atoms with Crippen molar-refractivity contribution in [2.45, 2.75) is 38.5 Å². The van der Waals surface area contributed by atoms with Gasteiger partial charge >= 0.3 is 0 Å². The summed E-state index contributed by atoms with van der Waals surface area (Å²) in [6, 6.07) is 2.39. The Bertz CT molecular complexity index is 375. The van der Waals surface area contributed by atoms with E-state index in [2.05, 4.69) is 13.0 Å². The molecule has 68 valence electrons. The van der Waals surface area contributed by atoms with Crippen molar-refractivity contribution in [1.82, 2.24) is 0 Å². The highest BCUT2D eigenvalue weighted by Crippen LogP contribution is 2.44. The van der Waals surface area contributed by atoms with Crippen LogP contribution in [0, 0.1) is 0 Å². The molecule has 0 nitrogen and oxygen atoms in total. The molecule has 13 heavy (non-hydrogen) atoms. The molecule has 0 heterocycles. The van der Waals surface area contributed by atoms with Gasteiger partial charge in [0.2, 0.25) is 0 Å². The van der Waals surface area contributed by atoms with Crippen LogP contribution in [0.4, 0.5) is 0 Å². The van der Waals surface area contributed by atoms with Gasteiger partial charge in [0.1, 0.15) is 0 Å². The Morgan fingerprint density at radius 2 is 2.15 bits per heavy atom. The third kappa shape index (κ3) is 0.927. The van der Waals surface area contributed by atoms with Gasteiger partial charge in [-0.05, 0) is 53.9 Å². The molecule has 1 unspecified atom stereocenters. The quantitative estimate of drug-likeness (QED) is 0.591. The molecule has 0 spiro atoms. The van der Waals surface area contributed by atoms with Gasteiger partial charge in [0, 0.05) is 5.02 Å². The van der Waals surface area contributed by atoms with Crippen LogP contribution in [0.25, 0.3) is 0 Å². The fourth-order valence-corrected chi connectivity index (χ4v) is 3.29. The van der Waals surface area contributed by atoms with Gasteiger partial charge in [0.15, 0.2) is 0 Å². The van der Waals surface area contributed by atoms with Crippen LogP contribution in [0.15, 0.2) is 6.07 Å². The Kier molecular flexibility index (Phi) is 1.52. The standard InChI is InChI=1S/C12H13Cl/c1-7-5-9-6-8-3-2-4-10(8)12(13)11(7)9/h6-7H,2-5H2,1H3. The third-order valence-corrected chi connectivity index (χ3v) is 3.91. The summed E-state index contributed by atoms with van der Waals surface area (Å²) in [4.78, 5) is 0. The Morgan fingerprint density at radius 3 is 2.92 bits per heavy atom. The molecule has 0 aliphatic heterocycles. The van der Waals surface area contributed by atoms with Crippen molar-refractivity contribution in [3.05, 3.63) is 33.3 Å². The Morgan fingerprint density at radius 1 is 1.31 bits per heavy atom. The molecule has 1 aromatic rings. The van der Waals surface area contributed by atoms with Gasteiger partial charge in [-0.15, -0.1) is 0 Å². The summed E-state index contributed by atoms with van der Waals surface area (Å²) in [5.74, 6) is 0.702. The van der Waals surface area contributed by atoms with Gasteiger partial charge in [0.05, 0.1) is 0 Å². The molecule has 0 N–H and O–H groups in total. The van der Waals surface area contributed by atoms with Crippen LogP contribution < -0.4 is 0 Å². The fourth-order valence-electron chi connectivity index (χ4n) is 2.77. The first-order valence-corrected chi connectivity index (χ1v) is 5.48. The predicted molar refractivity (Wildman–Crippen MR) is 55.6 cm³/mol. The van der Waals surface area contributed by atoms with Crippen molar-refractivity contribution >= 4 is 11.6 Å². The minimum absolute atomic E-state index is 0.702. The summed E-state index contributed by atoms with van der Waals surface area (Å²) in [5.41, 5.74) is 5.93. The minimum Gasteiger partial charge on any atom is -0.0837 e. The lowest BCUT2D eigenvalue weighted by Crippen LogP contribution is -2.16. The first kappa shape index (κ1) is 7.87. The van der Waals surface area contributed by atoms with E-state index in [4.69, 9.17) is 11.6 Å². The molecule has 0 radical (unpaired) electrons. The van der Waals surface area contributed by atoms with Gasteiger partial charge in [-0.25, -0.2) is 0 Å². The van der Waals surface area contributed by atoms with Crippen molar-refractivity contribution in [3.8, 4) is 0 Å². The second-order valence-electron chi connectivity index (χ2n) is 4.36. The maximum atomic E-state index is 6.39. The van der Waals surface area contributed by atoms with Crippen LogP contribution in [0.2, 0.25) is 5.02 Å². The van der Waals surface area contributed by atoms with Crippen LogP contribution in [0.3, 0.4) is 0 Å². The van der Waals surface area contributed by atoms with E-state index in [0.29, 0.717) is 5.92 Å². The lowest BCUT2D eigenvalue weighted by Gasteiger charge is -2.29. The molecule has 0 aromatic heterocycles. The summed E-state index contributed by atoms with van der Waals surface area (Å²) >= 11 is 6.39. The molecule has 1 aromatic carbocycles. The molecular formula is C12H13Cl. The maximum absolute atomic E-state index is 6.39. The predicted octanol–water partition coefficient (Wildman–Crippen LogP) is 3.49. The second-order valence-corrected chi connectivity index (χ2v) is 4.74. The van der Waals surface area contributed by atoms with Gasteiger partial charge in [0.25, 0.3) is 0 Å². The van der Waals surface area contributed by atoms with E-state index in [-0.39, 0.29) is 0 Å². The van der Waals surface area contributed by atoms with E-state index in [9.17, 15) is 0 Å². The Balaban J connectivity index is 2.25. The van der Waals surface area contributed by atoms with Gasteiger partial charge in [-0.2, -0.15) is 0 Å². The lowest BCUT2D eigenvalue weighted by atomic mass is 9.77. The van der Waals surface area contributed by atoms with E-state index in [0.717, 1.165) is 5.02 Å². The van der Waals surface area contributed by atoms with Crippen LogP contribution >= 0.6 is 11.6 Å². The summed E-state index contributed by atoms with van der Waals surface area (Å²) in [6.45, 7) is 2.27. The molecule has 1 atom stereocenters. The molecule has 0 fully saturated rings. The zero-order chi connectivity index (χ0) is 9.00. The normalized spacial score (nSPS) is 23.7. The Labute approximate surface area is 83.9 Å². The second kappa shape index (κ2) is 2.51. The molecule has 1 heteroatoms. The number of aryl methyl sites for hydroxylation is 1. The molecular weight excluding hydrogens is 180 g/mol. The van der Waals surface area contributed by atoms with E-state index in [1.165, 1.54) is 47.9 Å². The van der Waals surface area contributed by atoms with Crippen molar-refractivity contribution < 1.29 is 0 Å². The number of hydrogen-bond donors (Lipinski definition) is 0. The lowest BCUT2D eigenvalue weighted by molar-refractivity contribution is 0.665. The molecule has 0 amide bonds. The van der Waals surface area contributed by atoms with Crippen LogP contribution in [0.5, 0.6) is 0 Å². The van der Waals surface area contributed by atoms with E-state index in [1.54, 1.807) is 0 Å².